The van der Waals surface area contributed by atoms with Crippen LogP contribution in [0.2, 0.25) is 0 Å². The second-order valence-corrected chi connectivity index (χ2v) is 7.05. The highest BCUT2D eigenvalue weighted by molar-refractivity contribution is 5.93. The lowest BCUT2D eigenvalue weighted by atomic mass is 10.1. The number of aromatic nitrogens is 3. The Morgan fingerprint density at radius 1 is 1.12 bits per heavy atom. The first-order valence-electron chi connectivity index (χ1n) is 9.83. The number of hydrogen-bond acceptors (Lipinski definition) is 5. The average Bonchev–Trinajstić information content (AvgIpc) is 3.21. The molecule has 0 saturated heterocycles. The van der Waals surface area contributed by atoms with Gasteiger partial charge in [0.25, 0.3) is 5.91 Å². The summed E-state index contributed by atoms with van der Waals surface area (Å²) in [4.78, 5) is 20.3. The van der Waals surface area contributed by atoms with Crippen molar-refractivity contribution in [3.63, 3.8) is 0 Å². The number of hydrogen-bond donors (Lipinski definition) is 2. The zero-order valence-corrected chi connectivity index (χ0v) is 17.1. The van der Waals surface area contributed by atoms with Gasteiger partial charge in [-0.25, -0.2) is 9.37 Å². The number of pyridine rings is 1. The SMILES string of the molecule is C=NCc1ccc(-c2cnn(-c3ccc(C(=O)NCc4ccccc4)cn3)c2O)cc1F. The van der Waals surface area contributed by atoms with E-state index in [9.17, 15) is 14.3 Å². The molecule has 2 N–H and O–H groups in total. The molecule has 7 nitrogen and oxygen atoms in total. The van der Waals surface area contributed by atoms with E-state index in [0.29, 0.717) is 34.6 Å². The van der Waals surface area contributed by atoms with Crippen LogP contribution < -0.4 is 5.32 Å². The average molecular weight is 429 g/mol. The van der Waals surface area contributed by atoms with Crippen LogP contribution >= 0.6 is 0 Å². The lowest BCUT2D eigenvalue weighted by molar-refractivity contribution is 0.0950. The highest BCUT2D eigenvalue weighted by Crippen LogP contribution is 2.31. The van der Waals surface area contributed by atoms with Gasteiger partial charge in [0.05, 0.1) is 23.9 Å². The number of nitrogens with one attached hydrogen (secondary N) is 1. The Kier molecular flexibility index (Phi) is 6.03. The molecule has 0 radical (unpaired) electrons. The van der Waals surface area contributed by atoms with E-state index in [2.05, 4.69) is 27.1 Å². The summed E-state index contributed by atoms with van der Waals surface area (Å²) >= 11 is 0. The summed E-state index contributed by atoms with van der Waals surface area (Å²) in [5.74, 6) is -0.567. The van der Waals surface area contributed by atoms with Gasteiger partial charge in [0, 0.05) is 18.3 Å². The number of carbonyl (C=O) groups is 1. The van der Waals surface area contributed by atoms with E-state index in [-0.39, 0.29) is 18.3 Å². The smallest absolute Gasteiger partial charge is 0.253 e. The normalized spacial score (nSPS) is 10.7. The summed E-state index contributed by atoms with van der Waals surface area (Å²) in [5.41, 5.74) is 2.61. The lowest BCUT2D eigenvalue weighted by Crippen LogP contribution is -2.23. The van der Waals surface area contributed by atoms with Crippen molar-refractivity contribution in [1.29, 1.82) is 0 Å². The molecule has 0 bridgehead atoms. The molecule has 4 aromatic rings. The van der Waals surface area contributed by atoms with Crippen molar-refractivity contribution in [3.8, 4) is 22.8 Å². The third-order valence-electron chi connectivity index (χ3n) is 4.91. The first-order valence-corrected chi connectivity index (χ1v) is 9.83. The second-order valence-electron chi connectivity index (χ2n) is 7.05. The van der Waals surface area contributed by atoms with Crippen molar-refractivity contribution in [2.24, 2.45) is 4.99 Å². The van der Waals surface area contributed by atoms with Crippen LogP contribution in [0.25, 0.3) is 16.9 Å². The van der Waals surface area contributed by atoms with Crippen molar-refractivity contribution >= 4 is 12.6 Å². The lowest BCUT2D eigenvalue weighted by Gasteiger charge is -2.07. The second kappa shape index (κ2) is 9.22. The summed E-state index contributed by atoms with van der Waals surface area (Å²) in [5, 5.41) is 17.6. The number of rotatable bonds is 7. The molecule has 0 saturated carbocycles. The predicted octanol–water partition coefficient (Wildman–Crippen LogP) is 3.91. The minimum Gasteiger partial charge on any atom is -0.493 e. The number of carbonyl (C=O) groups excluding carboxylic acids is 1. The number of aromatic hydroxyl groups is 1. The summed E-state index contributed by atoms with van der Waals surface area (Å²) in [6, 6.07) is 17.3. The van der Waals surface area contributed by atoms with E-state index in [1.165, 1.54) is 23.1 Å². The van der Waals surface area contributed by atoms with Crippen LogP contribution in [0.15, 0.2) is 78.0 Å². The molecule has 4 rings (SSSR count). The van der Waals surface area contributed by atoms with Crippen LogP contribution in [-0.2, 0) is 13.1 Å². The van der Waals surface area contributed by atoms with Crippen LogP contribution in [-0.4, -0.2) is 32.5 Å². The third kappa shape index (κ3) is 4.39. The number of amides is 1. The van der Waals surface area contributed by atoms with Gasteiger partial charge in [-0.2, -0.15) is 9.78 Å². The Morgan fingerprint density at radius 3 is 2.62 bits per heavy atom. The molecule has 0 fully saturated rings. The fraction of sp³-hybridized carbons (Fsp3) is 0.0833. The predicted molar refractivity (Wildman–Crippen MR) is 119 cm³/mol. The van der Waals surface area contributed by atoms with Crippen LogP contribution in [0.4, 0.5) is 4.39 Å². The van der Waals surface area contributed by atoms with Crippen LogP contribution in [0.5, 0.6) is 5.88 Å². The molecule has 0 aliphatic heterocycles. The van der Waals surface area contributed by atoms with E-state index >= 15 is 0 Å². The number of nitrogens with zero attached hydrogens (tertiary/aromatic N) is 4. The van der Waals surface area contributed by atoms with Gasteiger partial charge in [-0.3, -0.25) is 9.79 Å². The largest absolute Gasteiger partial charge is 0.493 e. The molecule has 1 amide bonds. The summed E-state index contributed by atoms with van der Waals surface area (Å²) < 4.78 is 15.4. The third-order valence-corrected chi connectivity index (χ3v) is 4.91. The molecule has 2 heterocycles. The standard InChI is InChI=1S/C24H20FN5O2/c1-26-13-18-8-7-17(11-21(18)25)20-15-29-30(24(20)32)22-10-9-19(14-27-22)23(31)28-12-16-5-3-2-4-6-16/h2-11,14-15,32H,1,12-13H2,(H,28,31). The molecule has 160 valence electrons. The maximum atomic E-state index is 14.2. The first-order chi connectivity index (χ1) is 15.6. The molecular weight excluding hydrogens is 409 g/mol. The molecule has 2 aromatic carbocycles. The fourth-order valence-corrected chi connectivity index (χ4v) is 3.20. The quantitative estimate of drug-likeness (QED) is 0.436. The summed E-state index contributed by atoms with van der Waals surface area (Å²) in [6.45, 7) is 3.95. The molecule has 0 unspecified atom stereocenters. The number of benzene rings is 2. The topological polar surface area (TPSA) is 92.4 Å². The van der Waals surface area contributed by atoms with Crippen LogP contribution in [0, 0.1) is 5.82 Å². The van der Waals surface area contributed by atoms with Crippen LogP contribution in [0.3, 0.4) is 0 Å². The zero-order valence-electron chi connectivity index (χ0n) is 17.1. The first kappa shape index (κ1) is 20.9. The van der Waals surface area contributed by atoms with Gasteiger partial charge in [0.1, 0.15) is 5.82 Å². The van der Waals surface area contributed by atoms with Crippen molar-refractivity contribution < 1.29 is 14.3 Å². The molecule has 2 aromatic heterocycles. The highest BCUT2D eigenvalue weighted by atomic mass is 19.1. The minimum absolute atomic E-state index is 0.173. The van der Waals surface area contributed by atoms with Crippen molar-refractivity contribution in [3.05, 3.63) is 95.6 Å². The number of aliphatic imine (C=N–C) groups is 1. The molecule has 0 spiro atoms. The van der Waals surface area contributed by atoms with Gasteiger partial charge >= 0.3 is 0 Å². The van der Waals surface area contributed by atoms with E-state index in [1.807, 2.05) is 30.3 Å². The van der Waals surface area contributed by atoms with Gasteiger partial charge in [-0.15, -0.1) is 0 Å². The maximum absolute atomic E-state index is 14.2. The Labute approximate surface area is 183 Å². The van der Waals surface area contributed by atoms with Crippen molar-refractivity contribution in [2.45, 2.75) is 13.1 Å². The minimum atomic E-state index is -0.439. The Balaban J connectivity index is 1.50. The Morgan fingerprint density at radius 2 is 1.94 bits per heavy atom. The van der Waals surface area contributed by atoms with E-state index in [4.69, 9.17) is 0 Å². The van der Waals surface area contributed by atoms with E-state index in [1.54, 1.807) is 24.3 Å². The van der Waals surface area contributed by atoms with Crippen molar-refractivity contribution in [1.82, 2.24) is 20.1 Å². The molecule has 0 atom stereocenters. The molecular formula is C24H20FN5O2. The molecule has 8 heteroatoms. The molecule has 0 aliphatic carbocycles. The monoisotopic (exact) mass is 429 g/mol. The Hall–Kier alpha value is -4.33. The summed E-state index contributed by atoms with van der Waals surface area (Å²) in [7, 11) is 0. The summed E-state index contributed by atoms with van der Waals surface area (Å²) in [6.07, 6.45) is 2.84. The Bertz CT molecular complexity index is 1250. The van der Waals surface area contributed by atoms with E-state index in [0.717, 1.165) is 5.56 Å². The van der Waals surface area contributed by atoms with Gasteiger partial charge in [-0.05, 0) is 36.0 Å². The molecule has 32 heavy (non-hydrogen) atoms. The highest BCUT2D eigenvalue weighted by Gasteiger charge is 2.16. The van der Waals surface area contributed by atoms with Crippen molar-refractivity contribution in [2.75, 3.05) is 0 Å². The fourth-order valence-electron chi connectivity index (χ4n) is 3.20. The maximum Gasteiger partial charge on any atom is 0.253 e. The zero-order chi connectivity index (χ0) is 22.5. The van der Waals surface area contributed by atoms with Gasteiger partial charge in [-0.1, -0.05) is 42.5 Å². The van der Waals surface area contributed by atoms with E-state index < -0.39 is 5.82 Å². The van der Waals surface area contributed by atoms with Gasteiger partial charge in [0.2, 0.25) is 5.88 Å². The van der Waals surface area contributed by atoms with Gasteiger partial charge < -0.3 is 10.4 Å². The number of halogens is 1. The molecule has 0 aliphatic rings. The van der Waals surface area contributed by atoms with Crippen LogP contribution in [0.1, 0.15) is 21.5 Å². The van der Waals surface area contributed by atoms with Gasteiger partial charge in [0.15, 0.2) is 5.82 Å².